The average molecular weight is 647 g/mol. The van der Waals surface area contributed by atoms with Gasteiger partial charge in [-0.1, -0.05) is 161 Å². The Bertz CT molecular complexity index is 709. The second kappa shape index (κ2) is 32.2. The van der Waals surface area contributed by atoms with E-state index < -0.39 is 20.0 Å². The van der Waals surface area contributed by atoms with Crippen molar-refractivity contribution in [3.8, 4) is 0 Å². The summed E-state index contributed by atoms with van der Waals surface area (Å²) in [7, 11) is -4.32. The number of nitrogens with one attached hydrogen (secondary N) is 1. The van der Waals surface area contributed by atoms with Crippen LogP contribution < -0.4 is 11.1 Å². The molecule has 0 aromatic carbocycles. The Labute approximate surface area is 271 Å². The molecule has 0 radical (unpaired) electrons. The Morgan fingerprint density at radius 3 is 1.61 bits per heavy atom. The zero-order valence-corrected chi connectivity index (χ0v) is 29.6. The molecule has 0 spiro atoms. The van der Waals surface area contributed by atoms with E-state index in [2.05, 4.69) is 19.2 Å². The third-order valence-corrected chi connectivity index (χ3v) is 9.10. The minimum atomic E-state index is -4.32. The van der Waals surface area contributed by atoms with Crippen molar-refractivity contribution in [2.75, 3.05) is 19.8 Å². The van der Waals surface area contributed by atoms with E-state index in [4.69, 9.17) is 14.8 Å². The predicted octanol–water partition coefficient (Wildman–Crippen LogP) is 9.27. The lowest BCUT2D eigenvalue weighted by atomic mass is 10.0. The van der Waals surface area contributed by atoms with Crippen LogP contribution in [0.5, 0.6) is 0 Å². The van der Waals surface area contributed by atoms with Crippen molar-refractivity contribution < 1.29 is 28.4 Å². The summed E-state index contributed by atoms with van der Waals surface area (Å²) in [6, 6.07) is -0.851. The van der Waals surface area contributed by atoms with Gasteiger partial charge in [0.2, 0.25) is 5.91 Å². The normalized spacial score (nSPS) is 14.6. The highest BCUT2D eigenvalue weighted by molar-refractivity contribution is 7.47. The molecule has 0 aromatic heterocycles. The summed E-state index contributed by atoms with van der Waals surface area (Å²) in [5.74, 6) is -0.195. The number of amides is 1. The largest absolute Gasteiger partial charge is 0.472 e. The minimum absolute atomic E-state index is 0.0807. The first-order chi connectivity index (χ1) is 21.4. The van der Waals surface area contributed by atoms with E-state index in [9.17, 15) is 19.4 Å². The number of carbonyl (C=O) groups is 1. The van der Waals surface area contributed by atoms with E-state index in [1.165, 1.54) is 116 Å². The predicted molar refractivity (Wildman–Crippen MR) is 185 cm³/mol. The van der Waals surface area contributed by atoms with E-state index in [0.717, 1.165) is 38.5 Å². The molecule has 0 aliphatic carbocycles. The molecule has 44 heavy (non-hydrogen) atoms. The van der Waals surface area contributed by atoms with Crippen molar-refractivity contribution in [2.24, 2.45) is 5.73 Å². The number of phosphoric ester groups is 1. The van der Waals surface area contributed by atoms with Crippen molar-refractivity contribution in [3.63, 3.8) is 0 Å². The number of allylic oxidation sites excluding steroid dienone is 1. The van der Waals surface area contributed by atoms with Crippen LogP contribution in [0.15, 0.2) is 12.2 Å². The van der Waals surface area contributed by atoms with Crippen LogP contribution in [-0.2, 0) is 18.4 Å². The Morgan fingerprint density at radius 1 is 0.727 bits per heavy atom. The molecule has 1 amide bonds. The monoisotopic (exact) mass is 647 g/mol. The summed E-state index contributed by atoms with van der Waals surface area (Å²) < 4.78 is 21.9. The average Bonchev–Trinajstić information content (AvgIpc) is 3.01. The number of nitrogens with two attached hydrogens (primary N) is 1. The number of aliphatic hydroxyl groups excluding tert-OH is 1. The first-order valence-electron chi connectivity index (χ1n) is 18.3. The molecule has 0 rings (SSSR count). The molecule has 8 nitrogen and oxygen atoms in total. The molecule has 9 heteroatoms. The molecule has 0 saturated heterocycles. The van der Waals surface area contributed by atoms with Gasteiger partial charge in [0.05, 0.1) is 25.4 Å². The number of hydrogen-bond donors (Lipinski definition) is 4. The molecule has 0 fully saturated rings. The Hall–Kier alpha value is -0.760. The third kappa shape index (κ3) is 29.9. The molecule has 0 saturated carbocycles. The van der Waals surface area contributed by atoms with Gasteiger partial charge in [-0.25, -0.2) is 4.57 Å². The molecule has 5 N–H and O–H groups in total. The van der Waals surface area contributed by atoms with Gasteiger partial charge in [-0.05, 0) is 19.3 Å². The quantitative estimate of drug-likeness (QED) is 0.0311. The van der Waals surface area contributed by atoms with Crippen LogP contribution >= 0.6 is 7.82 Å². The maximum Gasteiger partial charge on any atom is 0.472 e. The zero-order chi connectivity index (χ0) is 32.6. The number of hydrogen-bond acceptors (Lipinski definition) is 6. The van der Waals surface area contributed by atoms with Crippen LogP contribution in [0.4, 0.5) is 0 Å². The summed E-state index contributed by atoms with van der Waals surface area (Å²) in [6.07, 6.45) is 32.6. The van der Waals surface area contributed by atoms with Gasteiger partial charge >= 0.3 is 7.82 Å². The Morgan fingerprint density at radius 2 is 1.16 bits per heavy atom. The molecule has 262 valence electrons. The van der Waals surface area contributed by atoms with Crippen molar-refractivity contribution in [1.82, 2.24) is 5.32 Å². The highest BCUT2D eigenvalue weighted by Crippen LogP contribution is 2.43. The van der Waals surface area contributed by atoms with Crippen molar-refractivity contribution in [1.29, 1.82) is 0 Å². The van der Waals surface area contributed by atoms with Crippen molar-refractivity contribution in [3.05, 3.63) is 12.2 Å². The molecule has 0 bridgehead atoms. The fourth-order valence-electron chi connectivity index (χ4n) is 5.31. The van der Waals surface area contributed by atoms with Crippen LogP contribution in [0, 0.1) is 0 Å². The minimum Gasteiger partial charge on any atom is -0.387 e. The van der Waals surface area contributed by atoms with E-state index in [1.807, 2.05) is 6.08 Å². The second-order valence-electron chi connectivity index (χ2n) is 12.4. The summed E-state index contributed by atoms with van der Waals surface area (Å²) in [5.41, 5.74) is 5.34. The van der Waals surface area contributed by atoms with Gasteiger partial charge in [0.25, 0.3) is 0 Å². The lowest BCUT2D eigenvalue weighted by Crippen LogP contribution is -2.45. The molecule has 3 atom stereocenters. The third-order valence-electron chi connectivity index (χ3n) is 8.11. The summed E-state index contributed by atoms with van der Waals surface area (Å²) in [4.78, 5) is 22.5. The van der Waals surface area contributed by atoms with Gasteiger partial charge in [0.1, 0.15) is 0 Å². The van der Waals surface area contributed by atoms with E-state index in [1.54, 1.807) is 6.08 Å². The summed E-state index contributed by atoms with van der Waals surface area (Å²) >= 11 is 0. The summed E-state index contributed by atoms with van der Waals surface area (Å²) in [5, 5.41) is 13.5. The maximum absolute atomic E-state index is 12.6. The molecule has 0 heterocycles. The van der Waals surface area contributed by atoms with Crippen LogP contribution in [0.25, 0.3) is 0 Å². The van der Waals surface area contributed by atoms with E-state index >= 15 is 0 Å². The number of unbranched alkanes of at least 4 members (excludes halogenated alkanes) is 22. The fraction of sp³-hybridized carbons (Fsp3) is 0.914. The molecular formula is C35H71N2O6P. The fourth-order valence-corrected chi connectivity index (χ4v) is 6.07. The van der Waals surface area contributed by atoms with Crippen LogP contribution in [-0.4, -0.2) is 47.8 Å². The second-order valence-corrected chi connectivity index (χ2v) is 13.9. The molecular weight excluding hydrogens is 575 g/mol. The first-order valence-corrected chi connectivity index (χ1v) is 19.8. The molecule has 0 aromatic rings. The smallest absolute Gasteiger partial charge is 0.387 e. The van der Waals surface area contributed by atoms with Crippen LogP contribution in [0.3, 0.4) is 0 Å². The lowest BCUT2D eigenvalue weighted by molar-refractivity contribution is -0.123. The topological polar surface area (TPSA) is 131 Å². The van der Waals surface area contributed by atoms with Crippen LogP contribution in [0.1, 0.15) is 174 Å². The van der Waals surface area contributed by atoms with Crippen molar-refractivity contribution >= 4 is 13.7 Å². The Balaban J connectivity index is 4.23. The number of aliphatic hydroxyl groups is 1. The first kappa shape index (κ1) is 43.2. The maximum atomic E-state index is 12.6. The number of carbonyl (C=O) groups excluding carboxylic acids is 1. The number of rotatable bonds is 34. The molecule has 0 aliphatic rings. The van der Waals surface area contributed by atoms with Gasteiger partial charge in [-0.15, -0.1) is 0 Å². The van der Waals surface area contributed by atoms with E-state index in [-0.39, 0.29) is 25.7 Å². The standard InChI is InChI=1S/C35H71N2O6P/c1-3-5-7-9-11-13-14-15-16-17-18-19-21-23-25-27-29-35(39)37-33(32-43-44(40,41)42-31-30-36)34(38)28-26-24-22-20-12-10-8-6-4-2/h26,28,33-34,38H,3-25,27,29-32,36H2,1-2H3,(H,37,39)(H,40,41)/b28-26+. The van der Waals surface area contributed by atoms with E-state index in [0.29, 0.717) is 6.42 Å². The molecule has 0 aliphatic heterocycles. The summed E-state index contributed by atoms with van der Waals surface area (Å²) in [6.45, 7) is 4.10. The Kier molecular flexibility index (Phi) is 31.6. The molecule has 3 unspecified atom stereocenters. The van der Waals surface area contributed by atoms with Crippen LogP contribution in [0.2, 0.25) is 0 Å². The van der Waals surface area contributed by atoms with Gasteiger partial charge in [0.15, 0.2) is 0 Å². The van der Waals surface area contributed by atoms with Gasteiger partial charge < -0.3 is 21.1 Å². The van der Waals surface area contributed by atoms with Gasteiger partial charge in [-0.3, -0.25) is 13.8 Å². The highest BCUT2D eigenvalue weighted by atomic mass is 31.2. The SMILES string of the molecule is CCCCCCCCC/C=C/C(O)C(COP(=O)(O)OCCN)NC(=O)CCCCCCCCCCCCCCCCCC. The highest BCUT2D eigenvalue weighted by Gasteiger charge is 2.26. The number of phosphoric acid groups is 1. The van der Waals surface area contributed by atoms with Crippen molar-refractivity contribution in [2.45, 2.75) is 187 Å². The van der Waals surface area contributed by atoms with Gasteiger partial charge in [0, 0.05) is 13.0 Å². The zero-order valence-electron chi connectivity index (χ0n) is 28.7. The lowest BCUT2D eigenvalue weighted by Gasteiger charge is -2.23. The van der Waals surface area contributed by atoms with Gasteiger partial charge in [-0.2, -0.15) is 0 Å².